The minimum atomic E-state index is -0.0747. The zero-order chi connectivity index (χ0) is 11.6. The number of hydrogen-bond donors (Lipinski definition) is 0. The summed E-state index contributed by atoms with van der Waals surface area (Å²) in [6.45, 7) is 1.85. The number of carbonyl (C=O) groups excluding carboxylic acids is 1. The van der Waals surface area contributed by atoms with Crippen molar-refractivity contribution in [1.29, 1.82) is 0 Å². The molecule has 1 heterocycles. The largest absolute Gasteiger partial charge is 0.345 e. The predicted molar refractivity (Wildman–Crippen MR) is 60.7 cm³/mol. The van der Waals surface area contributed by atoms with Gasteiger partial charge in [0.05, 0.1) is 5.69 Å². The third kappa shape index (κ3) is 2.59. The van der Waals surface area contributed by atoms with E-state index in [1.807, 2.05) is 6.92 Å². The predicted octanol–water partition coefficient (Wildman–Crippen LogP) is 1.48. The first-order chi connectivity index (χ1) is 6.93. The quantitative estimate of drug-likeness (QED) is 0.718. The summed E-state index contributed by atoms with van der Waals surface area (Å²) < 4.78 is 1.58. The van der Waals surface area contributed by atoms with Crippen LogP contribution in [0, 0.1) is 6.92 Å². The Morgan fingerprint density at radius 1 is 1.53 bits per heavy atom. The number of carbonyl (C=O) groups is 1. The maximum absolute atomic E-state index is 11.3. The van der Waals surface area contributed by atoms with Crippen molar-refractivity contribution in [3.05, 3.63) is 22.5 Å². The van der Waals surface area contributed by atoms with Crippen LogP contribution in [-0.2, 0) is 11.8 Å². The summed E-state index contributed by atoms with van der Waals surface area (Å²) in [5.41, 5.74) is 1.60. The molecule has 1 aromatic heterocycles. The summed E-state index contributed by atoms with van der Waals surface area (Å²) in [6, 6.07) is 0. The molecule has 0 bridgehead atoms. The first-order valence-corrected chi connectivity index (χ1v) is 4.89. The Hall–Kier alpha value is -1.29. The number of nitrogens with zero attached hydrogens (tertiary/aromatic N) is 3. The van der Waals surface area contributed by atoms with Crippen molar-refractivity contribution in [2.24, 2.45) is 7.05 Å². The Morgan fingerprint density at radius 3 is 2.53 bits per heavy atom. The number of aryl methyl sites for hydroxylation is 2. The van der Waals surface area contributed by atoms with Crippen molar-refractivity contribution >= 4 is 23.6 Å². The minimum Gasteiger partial charge on any atom is -0.345 e. The molecule has 4 nitrogen and oxygen atoms in total. The van der Waals surface area contributed by atoms with Crippen LogP contribution in [0.25, 0.3) is 6.08 Å². The van der Waals surface area contributed by atoms with E-state index in [0.29, 0.717) is 5.15 Å². The fourth-order valence-corrected chi connectivity index (χ4v) is 1.38. The Labute approximate surface area is 94.1 Å². The van der Waals surface area contributed by atoms with Crippen LogP contribution in [0.3, 0.4) is 0 Å². The average Bonchev–Trinajstić information content (AvgIpc) is 2.38. The van der Waals surface area contributed by atoms with Gasteiger partial charge in [-0.3, -0.25) is 9.48 Å². The van der Waals surface area contributed by atoms with Crippen LogP contribution in [-0.4, -0.2) is 34.7 Å². The van der Waals surface area contributed by atoms with E-state index in [0.717, 1.165) is 11.3 Å². The van der Waals surface area contributed by atoms with Crippen molar-refractivity contribution in [3.8, 4) is 0 Å². The third-order valence-corrected chi connectivity index (χ3v) is 2.48. The van der Waals surface area contributed by atoms with Gasteiger partial charge in [-0.2, -0.15) is 5.10 Å². The molecule has 5 heteroatoms. The topological polar surface area (TPSA) is 38.1 Å². The van der Waals surface area contributed by atoms with Gasteiger partial charge in [0.1, 0.15) is 5.15 Å². The van der Waals surface area contributed by atoms with Crippen LogP contribution in [0.15, 0.2) is 6.08 Å². The van der Waals surface area contributed by atoms with Crippen LogP contribution in [0.5, 0.6) is 0 Å². The zero-order valence-corrected chi connectivity index (χ0v) is 10.0. The second-order valence-electron chi connectivity index (χ2n) is 3.48. The monoisotopic (exact) mass is 227 g/mol. The van der Waals surface area contributed by atoms with E-state index in [4.69, 9.17) is 11.6 Å². The lowest BCUT2D eigenvalue weighted by atomic mass is 10.2. The summed E-state index contributed by atoms with van der Waals surface area (Å²) in [6.07, 6.45) is 3.17. The molecule has 1 rings (SSSR count). The maximum Gasteiger partial charge on any atom is 0.246 e. The standard InChI is InChI=1S/C10H14ClN3O/c1-7-8(10(11)14(4)12-7)5-6-9(15)13(2)3/h5-6H,1-4H3/b6-5+. The molecule has 0 radical (unpaired) electrons. The molecule has 0 unspecified atom stereocenters. The van der Waals surface area contributed by atoms with E-state index in [9.17, 15) is 4.79 Å². The molecule has 0 spiro atoms. The summed E-state index contributed by atoms with van der Waals surface area (Å²) in [5, 5.41) is 4.68. The molecule has 0 aromatic carbocycles. The van der Waals surface area contributed by atoms with Crippen LogP contribution < -0.4 is 0 Å². The molecule has 0 aliphatic heterocycles. The lowest BCUT2D eigenvalue weighted by Crippen LogP contribution is -2.18. The average molecular weight is 228 g/mol. The van der Waals surface area contributed by atoms with E-state index in [2.05, 4.69) is 5.10 Å². The number of hydrogen-bond acceptors (Lipinski definition) is 2. The number of halogens is 1. The van der Waals surface area contributed by atoms with Crippen LogP contribution in [0.2, 0.25) is 5.15 Å². The van der Waals surface area contributed by atoms with Gasteiger partial charge >= 0.3 is 0 Å². The molecule has 0 fully saturated rings. The molecule has 82 valence electrons. The minimum absolute atomic E-state index is 0.0747. The highest BCUT2D eigenvalue weighted by atomic mass is 35.5. The molecular weight excluding hydrogens is 214 g/mol. The molecular formula is C10H14ClN3O. The van der Waals surface area contributed by atoms with Gasteiger partial charge in [0.2, 0.25) is 5.91 Å². The fourth-order valence-electron chi connectivity index (χ4n) is 1.14. The third-order valence-electron chi connectivity index (χ3n) is 2.03. The van der Waals surface area contributed by atoms with Crippen molar-refractivity contribution < 1.29 is 4.79 Å². The summed E-state index contributed by atoms with van der Waals surface area (Å²) in [4.78, 5) is 12.8. The molecule has 1 aromatic rings. The highest BCUT2D eigenvalue weighted by molar-refractivity contribution is 6.31. The second kappa shape index (κ2) is 4.49. The van der Waals surface area contributed by atoms with Gasteiger partial charge in [-0.1, -0.05) is 11.6 Å². The SMILES string of the molecule is Cc1nn(C)c(Cl)c1/C=C/C(=O)N(C)C. The van der Waals surface area contributed by atoms with Crippen LogP contribution in [0.1, 0.15) is 11.3 Å². The first kappa shape index (κ1) is 11.8. The lowest BCUT2D eigenvalue weighted by Gasteiger charge is -2.04. The molecule has 15 heavy (non-hydrogen) atoms. The van der Waals surface area contributed by atoms with Gasteiger partial charge in [0.15, 0.2) is 0 Å². The van der Waals surface area contributed by atoms with E-state index >= 15 is 0 Å². The smallest absolute Gasteiger partial charge is 0.246 e. The van der Waals surface area contributed by atoms with Crippen LogP contribution >= 0.6 is 11.6 Å². The van der Waals surface area contributed by atoms with Gasteiger partial charge in [-0.25, -0.2) is 0 Å². The van der Waals surface area contributed by atoms with E-state index in [1.165, 1.54) is 11.0 Å². The highest BCUT2D eigenvalue weighted by Crippen LogP contribution is 2.19. The molecule has 0 saturated heterocycles. The van der Waals surface area contributed by atoms with E-state index in [-0.39, 0.29) is 5.91 Å². The molecule has 0 saturated carbocycles. The van der Waals surface area contributed by atoms with Crippen molar-refractivity contribution in [3.63, 3.8) is 0 Å². The van der Waals surface area contributed by atoms with Gasteiger partial charge in [0, 0.05) is 32.8 Å². The fraction of sp³-hybridized carbons (Fsp3) is 0.400. The van der Waals surface area contributed by atoms with Crippen LogP contribution in [0.4, 0.5) is 0 Å². The van der Waals surface area contributed by atoms with Gasteiger partial charge in [-0.15, -0.1) is 0 Å². The first-order valence-electron chi connectivity index (χ1n) is 4.52. The van der Waals surface area contributed by atoms with E-state index in [1.54, 1.807) is 31.9 Å². The highest BCUT2D eigenvalue weighted by Gasteiger charge is 2.08. The Kier molecular flexibility index (Phi) is 3.52. The number of likely N-dealkylation sites (N-methyl/N-ethyl adjacent to an activating group) is 1. The van der Waals surface area contributed by atoms with Gasteiger partial charge in [0.25, 0.3) is 0 Å². The lowest BCUT2D eigenvalue weighted by molar-refractivity contribution is -0.123. The number of aromatic nitrogens is 2. The number of amides is 1. The van der Waals surface area contributed by atoms with E-state index < -0.39 is 0 Å². The molecule has 0 atom stereocenters. The van der Waals surface area contributed by atoms with Crippen molar-refractivity contribution in [2.75, 3.05) is 14.1 Å². The maximum atomic E-state index is 11.3. The number of rotatable bonds is 2. The summed E-state index contributed by atoms with van der Waals surface area (Å²) >= 11 is 6.00. The Morgan fingerprint density at radius 2 is 2.13 bits per heavy atom. The van der Waals surface area contributed by atoms with Crippen molar-refractivity contribution in [2.45, 2.75) is 6.92 Å². The zero-order valence-electron chi connectivity index (χ0n) is 9.28. The second-order valence-corrected chi connectivity index (χ2v) is 3.84. The Balaban J connectivity index is 2.94. The van der Waals surface area contributed by atoms with Gasteiger partial charge < -0.3 is 4.90 Å². The van der Waals surface area contributed by atoms with Crippen molar-refractivity contribution in [1.82, 2.24) is 14.7 Å². The molecule has 0 aliphatic rings. The summed E-state index contributed by atoms with van der Waals surface area (Å²) in [7, 11) is 5.16. The Bertz CT molecular complexity index is 407. The molecule has 0 N–H and O–H groups in total. The normalized spacial score (nSPS) is 11.0. The molecule has 1 amide bonds. The summed E-state index contributed by atoms with van der Waals surface area (Å²) in [5.74, 6) is -0.0747. The molecule has 0 aliphatic carbocycles. The van der Waals surface area contributed by atoms with Gasteiger partial charge in [-0.05, 0) is 13.0 Å².